The largest absolute Gasteiger partial charge is 0.381 e. The van der Waals surface area contributed by atoms with Gasteiger partial charge in [0.05, 0.1) is 11.6 Å². The highest BCUT2D eigenvalue weighted by Crippen LogP contribution is 2.22. The van der Waals surface area contributed by atoms with E-state index in [9.17, 15) is 4.79 Å². The Bertz CT molecular complexity index is 450. The van der Waals surface area contributed by atoms with E-state index in [4.69, 9.17) is 10.5 Å². The highest BCUT2D eigenvalue weighted by molar-refractivity contribution is 5.86. The molecular weight excluding hydrogens is 252 g/mol. The molecule has 0 radical (unpaired) electrons. The van der Waals surface area contributed by atoms with Crippen LogP contribution in [0.25, 0.3) is 0 Å². The van der Waals surface area contributed by atoms with E-state index in [2.05, 4.69) is 43.4 Å². The van der Waals surface area contributed by atoms with Crippen molar-refractivity contribution in [2.24, 2.45) is 5.73 Å². The predicted molar refractivity (Wildman–Crippen MR) is 79.3 cm³/mol. The second-order valence-corrected chi connectivity index (χ2v) is 5.61. The molecule has 4 heteroatoms. The summed E-state index contributed by atoms with van der Waals surface area (Å²) in [5, 5.41) is 3.09. The zero-order valence-electron chi connectivity index (χ0n) is 12.3. The number of rotatable bonds is 4. The van der Waals surface area contributed by atoms with Crippen LogP contribution in [0.15, 0.2) is 24.3 Å². The van der Waals surface area contributed by atoms with Gasteiger partial charge in [-0.2, -0.15) is 0 Å². The molecule has 110 valence electrons. The minimum atomic E-state index is -0.781. The standard InChI is InChI=1S/C16H24N2O2/c1-3-14(13-6-4-12(2)5-7-13)18-15(19)16(17)8-10-20-11-9-16/h4-7,14H,3,8-11,17H2,1-2H3,(H,18,19). The van der Waals surface area contributed by atoms with Crippen LogP contribution in [-0.2, 0) is 9.53 Å². The summed E-state index contributed by atoms with van der Waals surface area (Å²) in [7, 11) is 0. The first kappa shape index (κ1) is 15.0. The van der Waals surface area contributed by atoms with Gasteiger partial charge in [-0.15, -0.1) is 0 Å². The molecule has 1 aliphatic heterocycles. The van der Waals surface area contributed by atoms with Crippen LogP contribution in [0.2, 0.25) is 0 Å². The molecule has 3 N–H and O–H groups in total. The van der Waals surface area contributed by atoms with E-state index in [1.807, 2.05) is 0 Å². The van der Waals surface area contributed by atoms with Gasteiger partial charge in [-0.25, -0.2) is 0 Å². The molecule has 0 spiro atoms. The number of aryl methyl sites for hydroxylation is 1. The molecule has 2 rings (SSSR count). The van der Waals surface area contributed by atoms with E-state index >= 15 is 0 Å². The molecule has 1 aromatic carbocycles. The normalized spacial score (nSPS) is 19.4. The molecule has 4 nitrogen and oxygen atoms in total. The Morgan fingerprint density at radius 3 is 2.50 bits per heavy atom. The second-order valence-electron chi connectivity index (χ2n) is 5.61. The summed E-state index contributed by atoms with van der Waals surface area (Å²) in [6, 6.07) is 8.29. The van der Waals surface area contributed by atoms with Gasteiger partial charge in [0.1, 0.15) is 0 Å². The minimum absolute atomic E-state index is 0.0198. The molecule has 20 heavy (non-hydrogen) atoms. The van der Waals surface area contributed by atoms with Crippen molar-refractivity contribution in [2.75, 3.05) is 13.2 Å². The SMILES string of the molecule is CCC(NC(=O)C1(N)CCOCC1)c1ccc(C)cc1. The zero-order chi connectivity index (χ0) is 14.6. The number of carbonyl (C=O) groups excluding carboxylic acids is 1. The highest BCUT2D eigenvalue weighted by atomic mass is 16.5. The first-order valence-electron chi connectivity index (χ1n) is 7.29. The smallest absolute Gasteiger partial charge is 0.240 e. The maximum atomic E-state index is 12.4. The molecule has 1 saturated heterocycles. The highest BCUT2D eigenvalue weighted by Gasteiger charge is 2.36. The Hall–Kier alpha value is -1.39. The first-order chi connectivity index (χ1) is 9.55. The van der Waals surface area contributed by atoms with E-state index in [-0.39, 0.29) is 11.9 Å². The maximum absolute atomic E-state index is 12.4. The fraction of sp³-hybridized carbons (Fsp3) is 0.562. The summed E-state index contributed by atoms with van der Waals surface area (Å²) in [4.78, 5) is 12.4. The number of hydrogen-bond donors (Lipinski definition) is 2. The summed E-state index contributed by atoms with van der Waals surface area (Å²) >= 11 is 0. The Labute approximate surface area is 120 Å². The van der Waals surface area contributed by atoms with Gasteiger partial charge in [-0.3, -0.25) is 4.79 Å². The molecule has 0 bridgehead atoms. The first-order valence-corrected chi connectivity index (χ1v) is 7.29. The van der Waals surface area contributed by atoms with Crippen LogP contribution in [0.3, 0.4) is 0 Å². The number of amides is 1. The topological polar surface area (TPSA) is 64.4 Å². The van der Waals surface area contributed by atoms with Gasteiger partial charge in [-0.05, 0) is 31.7 Å². The van der Waals surface area contributed by atoms with Crippen molar-refractivity contribution in [2.45, 2.75) is 44.7 Å². The second kappa shape index (κ2) is 6.37. The minimum Gasteiger partial charge on any atom is -0.381 e. The fourth-order valence-corrected chi connectivity index (χ4v) is 2.48. The Morgan fingerprint density at radius 1 is 1.35 bits per heavy atom. The van der Waals surface area contributed by atoms with Crippen molar-refractivity contribution in [3.05, 3.63) is 35.4 Å². The van der Waals surface area contributed by atoms with Crippen molar-refractivity contribution in [1.29, 1.82) is 0 Å². The Morgan fingerprint density at radius 2 is 1.95 bits per heavy atom. The van der Waals surface area contributed by atoms with Gasteiger partial charge in [0.25, 0.3) is 0 Å². The third-order valence-electron chi connectivity index (χ3n) is 4.03. The number of ether oxygens (including phenoxy) is 1. The van der Waals surface area contributed by atoms with Gasteiger partial charge < -0.3 is 15.8 Å². The van der Waals surface area contributed by atoms with Gasteiger partial charge >= 0.3 is 0 Å². The summed E-state index contributed by atoms with van der Waals surface area (Å²) < 4.78 is 5.28. The third-order valence-corrected chi connectivity index (χ3v) is 4.03. The average Bonchev–Trinajstić information content (AvgIpc) is 2.46. The van der Waals surface area contributed by atoms with Gasteiger partial charge in [0.2, 0.25) is 5.91 Å². The molecule has 0 saturated carbocycles. The lowest BCUT2D eigenvalue weighted by molar-refractivity contribution is -0.130. The van der Waals surface area contributed by atoms with Crippen molar-refractivity contribution in [1.82, 2.24) is 5.32 Å². The zero-order valence-corrected chi connectivity index (χ0v) is 12.3. The van der Waals surface area contributed by atoms with Crippen molar-refractivity contribution >= 4 is 5.91 Å². The molecule has 1 heterocycles. The van der Waals surface area contributed by atoms with E-state index in [1.165, 1.54) is 5.56 Å². The van der Waals surface area contributed by atoms with Crippen LogP contribution in [0.5, 0.6) is 0 Å². The van der Waals surface area contributed by atoms with E-state index in [0.29, 0.717) is 26.1 Å². The molecule has 1 aromatic rings. The van der Waals surface area contributed by atoms with Crippen molar-refractivity contribution in [3.8, 4) is 0 Å². The van der Waals surface area contributed by atoms with Crippen LogP contribution < -0.4 is 11.1 Å². The Kier molecular flexibility index (Phi) is 4.78. The summed E-state index contributed by atoms with van der Waals surface area (Å²) in [6.07, 6.45) is 2.02. The van der Waals surface area contributed by atoms with Crippen LogP contribution in [-0.4, -0.2) is 24.7 Å². The molecule has 1 fully saturated rings. The summed E-state index contributed by atoms with van der Waals surface area (Å²) in [6.45, 7) is 5.24. The fourth-order valence-electron chi connectivity index (χ4n) is 2.48. The number of nitrogens with two attached hydrogens (primary N) is 1. The third kappa shape index (κ3) is 3.38. The molecule has 1 aliphatic rings. The molecule has 1 unspecified atom stereocenters. The lowest BCUT2D eigenvalue weighted by atomic mass is 9.89. The van der Waals surface area contributed by atoms with Crippen LogP contribution in [0.1, 0.15) is 43.4 Å². The van der Waals surface area contributed by atoms with Gasteiger partial charge in [0, 0.05) is 13.2 Å². The Balaban J connectivity index is 2.05. The predicted octanol–water partition coefficient (Wildman–Crippen LogP) is 2.07. The quantitative estimate of drug-likeness (QED) is 0.885. The van der Waals surface area contributed by atoms with E-state index in [1.54, 1.807) is 0 Å². The van der Waals surface area contributed by atoms with Crippen LogP contribution in [0.4, 0.5) is 0 Å². The summed E-state index contributed by atoms with van der Waals surface area (Å²) in [5.74, 6) is -0.0618. The molecular formula is C16H24N2O2. The number of benzene rings is 1. The van der Waals surface area contributed by atoms with Crippen LogP contribution >= 0.6 is 0 Å². The van der Waals surface area contributed by atoms with E-state index < -0.39 is 5.54 Å². The van der Waals surface area contributed by atoms with Crippen LogP contribution in [0, 0.1) is 6.92 Å². The number of hydrogen-bond acceptors (Lipinski definition) is 3. The monoisotopic (exact) mass is 276 g/mol. The van der Waals surface area contributed by atoms with Crippen molar-refractivity contribution < 1.29 is 9.53 Å². The molecule has 1 atom stereocenters. The molecule has 0 aliphatic carbocycles. The van der Waals surface area contributed by atoms with E-state index in [0.717, 1.165) is 12.0 Å². The number of carbonyl (C=O) groups is 1. The average molecular weight is 276 g/mol. The lowest BCUT2D eigenvalue weighted by Gasteiger charge is -2.33. The van der Waals surface area contributed by atoms with Gasteiger partial charge in [0.15, 0.2) is 0 Å². The lowest BCUT2D eigenvalue weighted by Crippen LogP contribution is -2.57. The summed E-state index contributed by atoms with van der Waals surface area (Å²) in [5.41, 5.74) is 7.78. The van der Waals surface area contributed by atoms with Gasteiger partial charge in [-0.1, -0.05) is 36.8 Å². The molecule has 0 aromatic heterocycles. The van der Waals surface area contributed by atoms with Crippen molar-refractivity contribution in [3.63, 3.8) is 0 Å². The number of nitrogens with one attached hydrogen (secondary N) is 1. The maximum Gasteiger partial charge on any atom is 0.240 e. The molecule has 1 amide bonds.